The van der Waals surface area contributed by atoms with Crippen LogP contribution < -0.4 is 4.74 Å². The molecule has 0 unspecified atom stereocenters. The first-order valence-corrected chi connectivity index (χ1v) is 9.86. The van der Waals surface area contributed by atoms with Crippen LogP contribution in [0.5, 0.6) is 11.5 Å². The number of carbonyl (C=O) groups is 1. The molecule has 3 rings (SSSR count). The van der Waals surface area contributed by atoms with E-state index in [2.05, 4.69) is 20.1 Å². The monoisotopic (exact) mass is 426 g/mol. The molecule has 1 aromatic heterocycles. The second-order valence-electron chi connectivity index (χ2n) is 5.93. The van der Waals surface area contributed by atoms with Crippen LogP contribution in [0.15, 0.2) is 57.0 Å². The zero-order valence-corrected chi connectivity index (χ0v) is 17.2. The Morgan fingerprint density at radius 1 is 1.20 bits per heavy atom. The van der Waals surface area contributed by atoms with Crippen molar-refractivity contribution in [2.75, 3.05) is 13.4 Å². The zero-order valence-electron chi connectivity index (χ0n) is 16.4. The molecule has 2 N–H and O–H groups in total. The predicted molar refractivity (Wildman–Crippen MR) is 114 cm³/mol. The second kappa shape index (κ2) is 9.23. The van der Waals surface area contributed by atoms with Crippen LogP contribution in [-0.2, 0) is 0 Å². The van der Waals surface area contributed by atoms with Crippen molar-refractivity contribution in [3.63, 3.8) is 0 Å². The number of hydrogen-bond donors (Lipinski definition) is 2. The number of carboxylic acid groups (broad SMARTS) is 1. The van der Waals surface area contributed by atoms with Crippen LogP contribution in [0.25, 0.3) is 11.4 Å². The molecule has 9 nitrogen and oxygen atoms in total. The molecule has 0 bridgehead atoms. The summed E-state index contributed by atoms with van der Waals surface area (Å²) < 4.78 is 10.1. The van der Waals surface area contributed by atoms with Gasteiger partial charge in [-0.05, 0) is 48.7 Å². The molecule has 3 aromatic rings. The number of aryl methyl sites for hydroxylation is 1. The highest BCUT2D eigenvalue weighted by atomic mass is 32.2. The maximum Gasteiger partial charge on any atom is 0.432 e. The van der Waals surface area contributed by atoms with E-state index in [1.165, 1.54) is 13.2 Å². The van der Waals surface area contributed by atoms with Crippen LogP contribution in [-0.4, -0.2) is 50.6 Å². The van der Waals surface area contributed by atoms with Crippen LogP contribution in [0, 0.1) is 6.92 Å². The number of aromatic hydroxyl groups is 1. The van der Waals surface area contributed by atoms with Crippen LogP contribution in [0.4, 0.5) is 10.5 Å². The Morgan fingerprint density at radius 3 is 2.50 bits per heavy atom. The van der Waals surface area contributed by atoms with E-state index in [-0.39, 0.29) is 16.5 Å². The Balaban J connectivity index is 2.07. The van der Waals surface area contributed by atoms with Crippen molar-refractivity contribution in [1.29, 1.82) is 0 Å². The largest absolute Gasteiger partial charge is 0.504 e. The van der Waals surface area contributed by atoms with E-state index < -0.39 is 6.09 Å². The van der Waals surface area contributed by atoms with E-state index in [0.717, 1.165) is 17.3 Å². The summed E-state index contributed by atoms with van der Waals surface area (Å²) in [6.07, 6.45) is 0.372. The Bertz CT molecular complexity index is 1120. The molecule has 0 radical (unpaired) electrons. The number of rotatable bonds is 5. The minimum absolute atomic E-state index is 0.0405. The fourth-order valence-electron chi connectivity index (χ4n) is 2.57. The van der Waals surface area contributed by atoms with Gasteiger partial charge in [0.1, 0.15) is 10.8 Å². The smallest absolute Gasteiger partial charge is 0.432 e. The molecule has 10 heteroatoms. The number of nitrogens with zero attached hydrogens (tertiary/aromatic N) is 4. The Kier molecular flexibility index (Phi) is 6.48. The lowest BCUT2D eigenvalue weighted by Crippen LogP contribution is -2.14. The summed E-state index contributed by atoms with van der Waals surface area (Å²) in [6.45, 7) is 1.71. The van der Waals surface area contributed by atoms with Gasteiger partial charge in [-0.15, -0.1) is 11.8 Å². The quantitative estimate of drug-likeness (QED) is 0.456. The van der Waals surface area contributed by atoms with E-state index in [9.17, 15) is 9.90 Å². The summed E-state index contributed by atoms with van der Waals surface area (Å²) >= 11 is 1.14. The molecule has 1 amide bonds. The van der Waals surface area contributed by atoms with Crippen molar-refractivity contribution >= 4 is 34.3 Å². The SMILES string of the molecule is COc1cc(C(=Nc2ccc(-c3noc(C)n3)cc2)C(=NC(=O)O)SC)ccc1O. The Morgan fingerprint density at radius 2 is 1.93 bits per heavy atom. The third-order valence-corrected chi connectivity index (χ3v) is 4.61. The number of methoxy groups -OCH3 is 1. The summed E-state index contributed by atoms with van der Waals surface area (Å²) in [4.78, 5) is 23.6. The number of phenolic OH excluding ortho intramolecular Hbond substituents is 1. The Labute approximate surface area is 176 Å². The number of aromatic nitrogens is 2. The number of hydrogen-bond acceptors (Lipinski definition) is 8. The standard InChI is InChI=1S/C20H18N4O5S/c1-11-21-18(24-29-11)12-4-7-14(8-5-12)22-17(19(30-3)23-20(26)27)13-6-9-15(25)16(10-13)28-2/h4-10,25H,1-3H3,(H,26,27). The van der Waals surface area contributed by atoms with E-state index in [4.69, 9.17) is 14.4 Å². The van der Waals surface area contributed by atoms with Crippen molar-refractivity contribution in [3.8, 4) is 22.9 Å². The van der Waals surface area contributed by atoms with Crippen molar-refractivity contribution < 1.29 is 24.3 Å². The number of thioether (sulfide) groups is 1. The van der Waals surface area contributed by atoms with Crippen LogP contribution >= 0.6 is 11.8 Å². The van der Waals surface area contributed by atoms with Gasteiger partial charge in [-0.1, -0.05) is 5.16 Å². The minimum atomic E-state index is -1.33. The highest BCUT2D eigenvalue weighted by Gasteiger charge is 2.16. The second-order valence-corrected chi connectivity index (χ2v) is 6.73. The number of aliphatic imine (C=N–C) groups is 2. The molecule has 0 fully saturated rings. The third-order valence-electron chi connectivity index (χ3n) is 3.94. The van der Waals surface area contributed by atoms with Gasteiger partial charge in [0.05, 0.1) is 12.8 Å². The zero-order chi connectivity index (χ0) is 21.7. The molecule has 2 aromatic carbocycles. The van der Waals surface area contributed by atoms with Crippen LogP contribution in [0.1, 0.15) is 11.5 Å². The molecule has 154 valence electrons. The number of phenols is 1. The molecular formula is C20H18N4O5S. The van der Waals surface area contributed by atoms with Gasteiger partial charge in [-0.25, -0.2) is 9.79 Å². The van der Waals surface area contributed by atoms with Crippen LogP contribution in [0.2, 0.25) is 0 Å². The van der Waals surface area contributed by atoms with Crippen molar-refractivity contribution in [2.45, 2.75) is 6.92 Å². The van der Waals surface area contributed by atoms with Crippen molar-refractivity contribution in [1.82, 2.24) is 10.1 Å². The maximum atomic E-state index is 11.2. The summed E-state index contributed by atoms with van der Waals surface area (Å²) in [5, 5.41) is 23.1. The molecular weight excluding hydrogens is 408 g/mol. The van der Waals surface area contributed by atoms with Gasteiger partial charge in [-0.3, -0.25) is 0 Å². The lowest BCUT2D eigenvalue weighted by Gasteiger charge is -2.11. The average Bonchev–Trinajstić information content (AvgIpc) is 3.17. The molecule has 0 saturated carbocycles. The Hall–Kier alpha value is -3.66. The van der Waals surface area contributed by atoms with E-state index in [1.807, 2.05) is 0 Å². The van der Waals surface area contributed by atoms with Gasteiger partial charge >= 0.3 is 6.09 Å². The molecule has 0 atom stereocenters. The molecule has 0 aliphatic carbocycles. The maximum absolute atomic E-state index is 11.2. The van der Waals surface area contributed by atoms with Gasteiger partial charge in [0.25, 0.3) is 0 Å². The lowest BCUT2D eigenvalue weighted by atomic mass is 10.1. The number of ether oxygens (including phenoxy) is 1. The highest BCUT2D eigenvalue weighted by molar-refractivity contribution is 8.15. The van der Waals surface area contributed by atoms with E-state index in [1.54, 1.807) is 49.6 Å². The normalized spacial score (nSPS) is 12.1. The van der Waals surface area contributed by atoms with E-state index >= 15 is 0 Å². The van der Waals surface area contributed by atoms with Gasteiger partial charge < -0.3 is 19.5 Å². The average molecular weight is 426 g/mol. The third kappa shape index (κ3) is 4.84. The van der Waals surface area contributed by atoms with Gasteiger partial charge in [-0.2, -0.15) is 9.98 Å². The predicted octanol–water partition coefficient (Wildman–Crippen LogP) is 4.32. The van der Waals surface area contributed by atoms with Gasteiger partial charge in [0.2, 0.25) is 11.7 Å². The first-order chi connectivity index (χ1) is 14.4. The topological polar surface area (TPSA) is 130 Å². The molecule has 0 aliphatic rings. The summed E-state index contributed by atoms with van der Waals surface area (Å²) in [5.41, 5.74) is 2.18. The van der Waals surface area contributed by atoms with Crippen molar-refractivity contribution in [2.24, 2.45) is 9.98 Å². The fraction of sp³-hybridized carbons (Fsp3) is 0.150. The molecule has 0 spiro atoms. The summed E-state index contributed by atoms with van der Waals surface area (Å²) in [7, 11) is 1.43. The fourth-order valence-corrected chi connectivity index (χ4v) is 3.10. The number of amides is 1. The first kappa shape index (κ1) is 21.1. The minimum Gasteiger partial charge on any atom is -0.504 e. The van der Waals surface area contributed by atoms with Gasteiger partial charge in [0, 0.05) is 18.1 Å². The molecule has 1 heterocycles. The molecule has 0 saturated heterocycles. The van der Waals surface area contributed by atoms with Crippen molar-refractivity contribution in [3.05, 3.63) is 53.9 Å². The summed E-state index contributed by atoms with van der Waals surface area (Å²) in [5.74, 6) is 1.12. The number of benzene rings is 2. The highest BCUT2D eigenvalue weighted by Crippen LogP contribution is 2.29. The first-order valence-electron chi connectivity index (χ1n) is 8.64. The molecule has 0 aliphatic heterocycles. The lowest BCUT2D eigenvalue weighted by molar-refractivity contribution is 0.206. The van der Waals surface area contributed by atoms with Crippen LogP contribution in [0.3, 0.4) is 0 Å². The molecule has 30 heavy (non-hydrogen) atoms. The van der Waals surface area contributed by atoms with Gasteiger partial charge in [0.15, 0.2) is 11.5 Å². The van der Waals surface area contributed by atoms with E-state index in [0.29, 0.717) is 28.7 Å². The summed E-state index contributed by atoms with van der Waals surface area (Å²) in [6, 6.07) is 11.7.